The first-order valence-electron chi connectivity index (χ1n) is 5.54. The lowest BCUT2D eigenvalue weighted by Crippen LogP contribution is -2.36. The topological polar surface area (TPSA) is 57.6 Å². The second-order valence-corrected chi connectivity index (χ2v) is 5.12. The van der Waals surface area contributed by atoms with Crippen molar-refractivity contribution in [1.29, 1.82) is 0 Å². The Labute approximate surface area is 105 Å². The molecule has 0 radical (unpaired) electrons. The normalized spacial score (nSPS) is 10.5. The minimum Gasteiger partial charge on any atom is -0.481 e. The predicted octanol–water partition coefficient (Wildman–Crippen LogP) is 2.35. The number of hydrogen-bond acceptors (Lipinski definition) is 3. The molecule has 0 aliphatic rings. The summed E-state index contributed by atoms with van der Waals surface area (Å²) in [5, 5.41) is 10.5. The van der Waals surface area contributed by atoms with Crippen LogP contribution in [0.3, 0.4) is 0 Å². The van der Waals surface area contributed by atoms with E-state index >= 15 is 0 Å². The van der Waals surface area contributed by atoms with E-state index in [-0.39, 0.29) is 24.8 Å². The van der Waals surface area contributed by atoms with E-state index in [1.54, 1.807) is 16.2 Å². The average molecular weight is 255 g/mol. The molecule has 0 saturated heterocycles. The van der Waals surface area contributed by atoms with Crippen molar-refractivity contribution >= 4 is 23.2 Å². The molecule has 1 N–H and O–H groups in total. The first-order chi connectivity index (χ1) is 8.00. The van der Waals surface area contributed by atoms with Gasteiger partial charge in [0.05, 0.1) is 13.0 Å². The fourth-order valence-corrected chi connectivity index (χ4v) is 2.19. The molecule has 0 fully saturated rings. The minimum absolute atomic E-state index is 0.0683. The number of nitrogens with zero attached hydrogens (tertiary/aromatic N) is 1. The Balaban J connectivity index is 2.59. The van der Waals surface area contributed by atoms with Gasteiger partial charge in [-0.3, -0.25) is 9.59 Å². The number of thiophene rings is 1. The van der Waals surface area contributed by atoms with Gasteiger partial charge < -0.3 is 10.0 Å². The van der Waals surface area contributed by atoms with E-state index in [1.807, 2.05) is 31.4 Å². The van der Waals surface area contributed by atoms with E-state index in [0.29, 0.717) is 6.54 Å². The number of aliphatic carboxylic acids is 1. The van der Waals surface area contributed by atoms with E-state index in [0.717, 1.165) is 4.88 Å². The summed E-state index contributed by atoms with van der Waals surface area (Å²) in [7, 11) is 0. The largest absolute Gasteiger partial charge is 0.481 e. The highest BCUT2D eigenvalue weighted by atomic mass is 32.1. The summed E-state index contributed by atoms with van der Waals surface area (Å²) in [6.45, 7) is 4.44. The van der Waals surface area contributed by atoms with Crippen LogP contribution in [0.1, 0.15) is 31.6 Å². The Bertz CT molecular complexity index is 373. The Hall–Kier alpha value is -1.36. The summed E-state index contributed by atoms with van der Waals surface area (Å²) in [5.74, 6) is -1.03. The molecule has 1 amide bonds. The maximum Gasteiger partial charge on any atom is 0.303 e. The number of carboxylic acids is 1. The summed E-state index contributed by atoms with van der Waals surface area (Å²) >= 11 is 1.60. The number of hydrogen-bond donors (Lipinski definition) is 1. The number of carbonyl (C=O) groups excluding carboxylic acids is 1. The van der Waals surface area contributed by atoms with Crippen molar-refractivity contribution in [2.75, 3.05) is 0 Å². The van der Waals surface area contributed by atoms with Crippen LogP contribution in [-0.2, 0) is 16.1 Å². The fourth-order valence-electron chi connectivity index (χ4n) is 1.49. The van der Waals surface area contributed by atoms with Gasteiger partial charge in [-0.2, -0.15) is 0 Å². The average Bonchev–Trinajstić information content (AvgIpc) is 2.74. The summed E-state index contributed by atoms with van der Waals surface area (Å²) in [6, 6.07) is 4.00. The third-order valence-corrected chi connectivity index (χ3v) is 3.26. The van der Waals surface area contributed by atoms with Crippen LogP contribution in [0.25, 0.3) is 0 Å². The van der Waals surface area contributed by atoms with Gasteiger partial charge in [0.1, 0.15) is 0 Å². The molecule has 0 atom stereocenters. The molecule has 0 aliphatic heterocycles. The van der Waals surface area contributed by atoms with Crippen molar-refractivity contribution in [3.63, 3.8) is 0 Å². The summed E-state index contributed by atoms with van der Waals surface area (Å²) in [5.41, 5.74) is 0. The Morgan fingerprint density at radius 1 is 1.41 bits per heavy atom. The molecule has 0 aliphatic carbocycles. The highest BCUT2D eigenvalue weighted by molar-refractivity contribution is 7.09. The van der Waals surface area contributed by atoms with Crippen LogP contribution in [0.5, 0.6) is 0 Å². The van der Waals surface area contributed by atoms with Gasteiger partial charge >= 0.3 is 5.97 Å². The van der Waals surface area contributed by atoms with E-state index < -0.39 is 5.97 Å². The molecule has 4 nitrogen and oxygen atoms in total. The maximum absolute atomic E-state index is 11.9. The zero-order chi connectivity index (χ0) is 12.8. The molecule has 1 aromatic heterocycles. The van der Waals surface area contributed by atoms with Crippen LogP contribution in [0.15, 0.2) is 17.5 Å². The molecule has 0 saturated carbocycles. The predicted molar refractivity (Wildman–Crippen MR) is 66.9 cm³/mol. The number of carboxylic acid groups (broad SMARTS) is 1. The van der Waals surface area contributed by atoms with Gasteiger partial charge in [0.15, 0.2) is 0 Å². The molecule has 17 heavy (non-hydrogen) atoms. The summed E-state index contributed by atoms with van der Waals surface area (Å²) in [4.78, 5) is 25.2. The SMILES string of the molecule is CC(C)N(Cc1cccs1)C(=O)CCC(=O)O. The molecule has 94 valence electrons. The van der Waals surface area contributed by atoms with Crippen molar-refractivity contribution in [3.8, 4) is 0 Å². The Morgan fingerprint density at radius 2 is 2.12 bits per heavy atom. The lowest BCUT2D eigenvalue weighted by Gasteiger charge is -2.26. The van der Waals surface area contributed by atoms with Crippen LogP contribution in [0.4, 0.5) is 0 Å². The number of carbonyl (C=O) groups is 2. The molecule has 0 spiro atoms. The van der Waals surface area contributed by atoms with Crippen LogP contribution in [0.2, 0.25) is 0 Å². The van der Waals surface area contributed by atoms with Gasteiger partial charge in [-0.15, -0.1) is 11.3 Å². The fraction of sp³-hybridized carbons (Fsp3) is 0.500. The quantitative estimate of drug-likeness (QED) is 0.849. The number of rotatable bonds is 6. The Morgan fingerprint density at radius 3 is 2.59 bits per heavy atom. The van der Waals surface area contributed by atoms with E-state index in [9.17, 15) is 9.59 Å². The molecular formula is C12H17NO3S. The zero-order valence-electron chi connectivity index (χ0n) is 10.0. The molecule has 1 aromatic rings. The van der Waals surface area contributed by atoms with Crippen LogP contribution >= 0.6 is 11.3 Å². The molecule has 0 aromatic carbocycles. The summed E-state index contributed by atoms with van der Waals surface area (Å²) in [6.07, 6.45) is -0.0363. The molecular weight excluding hydrogens is 238 g/mol. The standard InChI is InChI=1S/C12H17NO3S/c1-9(2)13(8-10-4-3-7-17-10)11(14)5-6-12(15)16/h3-4,7,9H,5-6,8H2,1-2H3,(H,15,16). The Kier molecular flexibility index (Phi) is 5.15. The van der Waals surface area contributed by atoms with E-state index in [2.05, 4.69) is 0 Å². The van der Waals surface area contributed by atoms with Crippen LogP contribution in [0, 0.1) is 0 Å². The van der Waals surface area contributed by atoms with Gasteiger partial charge in [0.25, 0.3) is 0 Å². The van der Waals surface area contributed by atoms with Crippen molar-refractivity contribution in [2.45, 2.75) is 39.3 Å². The van der Waals surface area contributed by atoms with Gasteiger partial charge in [0.2, 0.25) is 5.91 Å². The first kappa shape index (κ1) is 13.7. The molecule has 1 heterocycles. The van der Waals surface area contributed by atoms with Crippen molar-refractivity contribution in [1.82, 2.24) is 4.90 Å². The third-order valence-electron chi connectivity index (χ3n) is 2.40. The monoisotopic (exact) mass is 255 g/mol. The van der Waals surface area contributed by atoms with Crippen LogP contribution < -0.4 is 0 Å². The van der Waals surface area contributed by atoms with Crippen molar-refractivity contribution in [3.05, 3.63) is 22.4 Å². The van der Waals surface area contributed by atoms with Crippen molar-refractivity contribution < 1.29 is 14.7 Å². The zero-order valence-corrected chi connectivity index (χ0v) is 10.9. The molecule has 5 heteroatoms. The third kappa shape index (κ3) is 4.56. The summed E-state index contributed by atoms with van der Waals surface area (Å²) < 4.78 is 0. The minimum atomic E-state index is -0.932. The van der Waals surface area contributed by atoms with Gasteiger partial charge in [-0.05, 0) is 25.3 Å². The lowest BCUT2D eigenvalue weighted by molar-refractivity contribution is -0.141. The van der Waals surface area contributed by atoms with Gasteiger partial charge in [-0.1, -0.05) is 6.07 Å². The smallest absolute Gasteiger partial charge is 0.303 e. The second kappa shape index (κ2) is 6.39. The molecule has 1 rings (SSSR count). The highest BCUT2D eigenvalue weighted by Crippen LogP contribution is 2.15. The highest BCUT2D eigenvalue weighted by Gasteiger charge is 2.18. The molecule has 0 unspecified atom stereocenters. The van der Waals surface area contributed by atoms with Crippen LogP contribution in [-0.4, -0.2) is 27.9 Å². The van der Waals surface area contributed by atoms with Crippen molar-refractivity contribution in [2.24, 2.45) is 0 Å². The van der Waals surface area contributed by atoms with E-state index in [4.69, 9.17) is 5.11 Å². The van der Waals surface area contributed by atoms with Gasteiger partial charge in [0, 0.05) is 17.3 Å². The first-order valence-corrected chi connectivity index (χ1v) is 6.42. The lowest BCUT2D eigenvalue weighted by atomic mass is 10.2. The molecule has 0 bridgehead atoms. The maximum atomic E-state index is 11.9. The number of amides is 1. The van der Waals surface area contributed by atoms with Gasteiger partial charge in [-0.25, -0.2) is 0 Å². The second-order valence-electron chi connectivity index (χ2n) is 4.09. The van der Waals surface area contributed by atoms with E-state index in [1.165, 1.54) is 0 Å².